The number of nitrogens with one attached hydrogen (secondary N) is 2. The molecule has 0 saturated heterocycles. The van der Waals surface area contributed by atoms with Gasteiger partial charge in [-0.1, -0.05) is 12.2 Å². The molecule has 0 spiro atoms. The van der Waals surface area contributed by atoms with Crippen LogP contribution in [0.3, 0.4) is 0 Å². The molecule has 1 aromatic heterocycles. The lowest BCUT2D eigenvalue weighted by atomic mass is 10.3. The molecule has 6 heteroatoms. The second-order valence-corrected chi connectivity index (χ2v) is 3.54. The van der Waals surface area contributed by atoms with E-state index in [1.54, 1.807) is 18.3 Å². The molecule has 86 valence electrons. The molecular weight excluding hydrogens is 224 g/mol. The molecule has 0 radical (unpaired) electrons. The van der Waals surface area contributed by atoms with Crippen molar-refractivity contribution in [3.05, 3.63) is 24.0 Å². The zero-order chi connectivity index (χ0) is 12.0. The highest BCUT2D eigenvalue weighted by atomic mass is 32.1. The van der Waals surface area contributed by atoms with Gasteiger partial charge in [-0.05, 0) is 19.1 Å². The lowest BCUT2D eigenvalue weighted by Crippen LogP contribution is -2.29. The van der Waals surface area contributed by atoms with Crippen LogP contribution in [-0.4, -0.2) is 29.0 Å². The number of hydrogen-bond donors (Lipinski definition) is 3. The van der Waals surface area contributed by atoms with Crippen molar-refractivity contribution in [1.82, 2.24) is 10.3 Å². The maximum atomic E-state index is 11.2. The van der Waals surface area contributed by atoms with Crippen LogP contribution in [0.4, 0.5) is 5.69 Å². The topological polar surface area (TPSA) is 80.0 Å². The van der Waals surface area contributed by atoms with Crippen molar-refractivity contribution in [1.29, 1.82) is 0 Å². The van der Waals surface area contributed by atoms with E-state index in [2.05, 4.69) is 15.6 Å². The van der Waals surface area contributed by atoms with Gasteiger partial charge in [-0.2, -0.15) is 0 Å². The fourth-order valence-corrected chi connectivity index (χ4v) is 1.21. The molecule has 4 N–H and O–H groups in total. The van der Waals surface area contributed by atoms with E-state index < -0.39 is 0 Å². The van der Waals surface area contributed by atoms with Crippen molar-refractivity contribution in [3.63, 3.8) is 0 Å². The Kier molecular flexibility index (Phi) is 4.65. The largest absolute Gasteiger partial charge is 0.388 e. The number of carbonyl (C=O) groups is 1. The van der Waals surface area contributed by atoms with Gasteiger partial charge in [0.2, 0.25) is 5.91 Å². The SMILES string of the molecule is CCNC(=O)CNc1ccc(C(N)=S)nc1. The van der Waals surface area contributed by atoms with Crippen LogP contribution in [0.15, 0.2) is 18.3 Å². The number of amides is 1. The molecule has 1 heterocycles. The zero-order valence-corrected chi connectivity index (χ0v) is 9.80. The summed E-state index contributed by atoms with van der Waals surface area (Å²) < 4.78 is 0. The molecule has 1 aromatic rings. The number of anilines is 1. The van der Waals surface area contributed by atoms with Crippen LogP contribution in [0, 0.1) is 0 Å². The molecule has 0 aliphatic carbocycles. The van der Waals surface area contributed by atoms with Crippen molar-refractivity contribution >= 4 is 28.8 Å². The van der Waals surface area contributed by atoms with Crippen LogP contribution in [0.25, 0.3) is 0 Å². The second kappa shape index (κ2) is 6.02. The molecule has 0 unspecified atom stereocenters. The Bertz CT molecular complexity index is 377. The second-order valence-electron chi connectivity index (χ2n) is 3.10. The smallest absolute Gasteiger partial charge is 0.239 e. The Labute approximate surface area is 99.4 Å². The highest BCUT2D eigenvalue weighted by Gasteiger charge is 2.00. The van der Waals surface area contributed by atoms with E-state index in [0.717, 1.165) is 5.69 Å². The molecule has 16 heavy (non-hydrogen) atoms. The van der Waals surface area contributed by atoms with Crippen molar-refractivity contribution in [2.24, 2.45) is 5.73 Å². The lowest BCUT2D eigenvalue weighted by molar-refractivity contribution is -0.119. The highest BCUT2D eigenvalue weighted by molar-refractivity contribution is 7.80. The van der Waals surface area contributed by atoms with Crippen molar-refractivity contribution in [2.45, 2.75) is 6.92 Å². The first-order chi connectivity index (χ1) is 7.63. The molecule has 0 fully saturated rings. The third-order valence-electron chi connectivity index (χ3n) is 1.84. The molecule has 0 atom stereocenters. The molecule has 0 bridgehead atoms. The van der Waals surface area contributed by atoms with Gasteiger partial charge < -0.3 is 16.4 Å². The summed E-state index contributed by atoms with van der Waals surface area (Å²) in [7, 11) is 0. The quantitative estimate of drug-likeness (QED) is 0.641. The Morgan fingerprint density at radius 3 is 2.81 bits per heavy atom. The van der Waals surface area contributed by atoms with Crippen LogP contribution in [-0.2, 0) is 4.79 Å². The van der Waals surface area contributed by atoms with Gasteiger partial charge in [0.25, 0.3) is 0 Å². The number of pyridine rings is 1. The molecule has 0 aromatic carbocycles. The van der Waals surface area contributed by atoms with Crippen molar-refractivity contribution in [3.8, 4) is 0 Å². The minimum absolute atomic E-state index is 0.0547. The predicted molar refractivity (Wildman–Crippen MR) is 67.3 cm³/mol. The maximum absolute atomic E-state index is 11.2. The number of aromatic nitrogens is 1. The fourth-order valence-electron chi connectivity index (χ4n) is 1.09. The summed E-state index contributed by atoms with van der Waals surface area (Å²) in [4.78, 5) is 15.5. The van der Waals surface area contributed by atoms with E-state index in [-0.39, 0.29) is 17.4 Å². The van der Waals surface area contributed by atoms with Gasteiger partial charge in [-0.3, -0.25) is 9.78 Å². The van der Waals surface area contributed by atoms with E-state index in [9.17, 15) is 4.79 Å². The minimum atomic E-state index is -0.0547. The molecule has 0 aliphatic heterocycles. The van der Waals surface area contributed by atoms with E-state index >= 15 is 0 Å². The van der Waals surface area contributed by atoms with Gasteiger partial charge in [-0.25, -0.2) is 0 Å². The molecule has 0 saturated carbocycles. The summed E-state index contributed by atoms with van der Waals surface area (Å²) in [5.41, 5.74) is 6.73. The van der Waals surface area contributed by atoms with Gasteiger partial charge in [0.15, 0.2) is 0 Å². The van der Waals surface area contributed by atoms with Crippen LogP contribution in [0.1, 0.15) is 12.6 Å². The Hall–Kier alpha value is -1.69. The Morgan fingerprint density at radius 2 is 2.31 bits per heavy atom. The van der Waals surface area contributed by atoms with E-state index in [1.807, 2.05) is 6.92 Å². The number of likely N-dealkylation sites (N-methyl/N-ethyl adjacent to an activating group) is 1. The molecule has 0 aliphatic rings. The first kappa shape index (κ1) is 12.4. The number of nitrogens with two attached hydrogens (primary N) is 1. The highest BCUT2D eigenvalue weighted by Crippen LogP contribution is 2.05. The number of thiocarbonyl (C=S) groups is 1. The van der Waals surface area contributed by atoms with Gasteiger partial charge in [0.1, 0.15) is 4.99 Å². The third-order valence-corrected chi connectivity index (χ3v) is 2.05. The van der Waals surface area contributed by atoms with Crippen LogP contribution in [0.2, 0.25) is 0 Å². The van der Waals surface area contributed by atoms with E-state index in [0.29, 0.717) is 12.2 Å². The van der Waals surface area contributed by atoms with Crippen LogP contribution in [0.5, 0.6) is 0 Å². The van der Waals surface area contributed by atoms with E-state index in [1.165, 1.54) is 0 Å². The predicted octanol–water partition coefficient (Wildman–Crippen LogP) is 0.264. The first-order valence-corrected chi connectivity index (χ1v) is 5.30. The fraction of sp³-hybridized carbons (Fsp3) is 0.300. The van der Waals surface area contributed by atoms with Gasteiger partial charge in [0, 0.05) is 6.54 Å². The summed E-state index contributed by atoms with van der Waals surface area (Å²) >= 11 is 4.78. The third kappa shape index (κ3) is 3.82. The average molecular weight is 238 g/mol. The van der Waals surface area contributed by atoms with Gasteiger partial charge in [0.05, 0.1) is 24.1 Å². The monoisotopic (exact) mass is 238 g/mol. The summed E-state index contributed by atoms with van der Waals surface area (Å²) in [6.07, 6.45) is 1.59. The average Bonchev–Trinajstić information content (AvgIpc) is 2.27. The summed E-state index contributed by atoms with van der Waals surface area (Å²) in [6, 6.07) is 3.49. The Balaban J connectivity index is 2.49. The normalized spacial score (nSPS) is 9.56. The number of nitrogens with zero attached hydrogens (tertiary/aromatic N) is 1. The molecule has 1 rings (SSSR count). The number of rotatable bonds is 5. The van der Waals surface area contributed by atoms with Crippen LogP contribution >= 0.6 is 12.2 Å². The summed E-state index contributed by atoms with van der Waals surface area (Å²) in [6.45, 7) is 2.72. The minimum Gasteiger partial charge on any atom is -0.388 e. The maximum Gasteiger partial charge on any atom is 0.239 e. The summed E-state index contributed by atoms with van der Waals surface area (Å²) in [5.74, 6) is -0.0547. The summed E-state index contributed by atoms with van der Waals surface area (Å²) in [5, 5.41) is 5.62. The number of hydrogen-bond acceptors (Lipinski definition) is 4. The van der Waals surface area contributed by atoms with Gasteiger partial charge in [-0.15, -0.1) is 0 Å². The Morgan fingerprint density at radius 1 is 1.56 bits per heavy atom. The van der Waals surface area contributed by atoms with Crippen molar-refractivity contribution < 1.29 is 4.79 Å². The van der Waals surface area contributed by atoms with Crippen LogP contribution < -0.4 is 16.4 Å². The molecule has 1 amide bonds. The van der Waals surface area contributed by atoms with E-state index in [4.69, 9.17) is 18.0 Å². The lowest BCUT2D eigenvalue weighted by Gasteiger charge is -2.06. The van der Waals surface area contributed by atoms with Crippen molar-refractivity contribution in [2.75, 3.05) is 18.4 Å². The number of carbonyl (C=O) groups excluding carboxylic acids is 1. The molecular formula is C10H14N4OS. The molecule has 5 nitrogen and oxygen atoms in total. The standard InChI is InChI=1S/C10H14N4OS/c1-2-12-9(15)6-13-7-3-4-8(10(11)16)14-5-7/h3-5,13H,2,6H2,1H3,(H2,11,16)(H,12,15). The zero-order valence-electron chi connectivity index (χ0n) is 8.99. The first-order valence-electron chi connectivity index (χ1n) is 4.90. The van der Waals surface area contributed by atoms with Gasteiger partial charge >= 0.3 is 0 Å².